The molecule has 4 N–H and O–H groups in total. The highest BCUT2D eigenvalue weighted by atomic mass is 19.4. The van der Waals surface area contributed by atoms with Crippen LogP contribution in [0.2, 0.25) is 0 Å². The lowest BCUT2D eigenvalue weighted by Gasteiger charge is -2.45. The average molecular weight is 410 g/mol. The van der Waals surface area contributed by atoms with Crippen LogP contribution in [0.1, 0.15) is 22.0 Å². The van der Waals surface area contributed by atoms with Crippen LogP contribution < -0.4 is 15.4 Å². The highest BCUT2D eigenvalue weighted by Crippen LogP contribution is 2.44. The van der Waals surface area contributed by atoms with Gasteiger partial charge in [-0.1, -0.05) is 36.4 Å². The van der Waals surface area contributed by atoms with Crippen LogP contribution in [0.5, 0.6) is 11.5 Å². The molecule has 2 aromatic carbocycles. The Hall–Kier alpha value is -3.27. The second-order valence-electron chi connectivity index (χ2n) is 6.48. The number of alkyl halides is 3. The molecule has 1 aliphatic rings. The molecule has 0 aromatic heterocycles. The zero-order valence-corrected chi connectivity index (χ0v) is 15.0. The molecule has 0 aliphatic carbocycles. The summed E-state index contributed by atoms with van der Waals surface area (Å²) in [6.07, 6.45) is -5.35. The number of urea groups is 1. The van der Waals surface area contributed by atoms with E-state index in [-0.39, 0.29) is 22.6 Å². The van der Waals surface area contributed by atoms with Gasteiger partial charge in [-0.15, -0.1) is 0 Å². The Morgan fingerprint density at radius 2 is 1.83 bits per heavy atom. The standard InChI is InChI=1S/C19H17F3N2O5/c1-29-13-9-11(7-8-12(13)25)15-14(16(26)10-5-3-2-4-6-10)18(28,19(20,21)22)24-17(27)23-15/h2-9,14-15,25,28H,1H3,(H2,23,24,27)/t14-,15+,18+/m1/s1. The maximum Gasteiger partial charge on any atom is 0.437 e. The molecule has 10 heteroatoms. The van der Waals surface area contributed by atoms with E-state index in [1.165, 1.54) is 48.8 Å². The summed E-state index contributed by atoms with van der Waals surface area (Å²) in [6, 6.07) is 7.84. The van der Waals surface area contributed by atoms with Crippen LogP contribution in [-0.4, -0.2) is 41.0 Å². The Labute approximate surface area is 163 Å². The Morgan fingerprint density at radius 3 is 2.41 bits per heavy atom. The van der Waals surface area contributed by atoms with E-state index in [4.69, 9.17) is 4.74 Å². The summed E-state index contributed by atoms with van der Waals surface area (Å²) in [5, 5.41) is 23.9. The van der Waals surface area contributed by atoms with Crippen molar-refractivity contribution >= 4 is 11.8 Å². The van der Waals surface area contributed by atoms with Crippen molar-refractivity contribution in [2.24, 2.45) is 5.92 Å². The predicted octanol–water partition coefficient (Wildman–Crippen LogP) is 2.50. The van der Waals surface area contributed by atoms with E-state index in [0.29, 0.717) is 0 Å². The lowest BCUT2D eigenvalue weighted by Crippen LogP contribution is -2.72. The molecule has 154 valence electrons. The average Bonchev–Trinajstić information content (AvgIpc) is 2.67. The van der Waals surface area contributed by atoms with E-state index in [2.05, 4.69) is 5.32 Å². The molecule has 29 heavy (non-hydrogen) atoms. The Kier molecular flexibility index (Phi) is 5.14. The number of methoxy groups -OCH3 is 1. The Bertz CT molecular complexity index is 935. The minimum Gasteiger partial charge on any atom is -0.504 e. The van der Waals surface area contributed by atoms with Crippen LogP contribution in [0.25, 0.3) is 0 Å². The third kappa shape index (κ3) is 3.58. The minimum absolute atomic E-state index is 0.0338. The molecule has 1 aliphatic heterocycles. The van der Waals surface area contributed by atoms with E-state index in [9.17, 15) is 33.0 Å². The summed E-state index contributed by atoms with van der Waals surface area (Å²) in [6.45, 7) is 0. The summed E-state index contributed by atoms with van der Waals surface area (Å²) in [5.74, 6) is -3.54. The number of phenolic OH excluding ortho intramolecular Hbond substituents is 1. The maximum absolute atomic E-state index is 13.8. The number of hydrogen-bond donors (Lipinski definition) is 4. The van der Waals surface area contributed by atoms with Crippen LogP contribution in [0.15, 0.2) is 48.5 Å². The molecule has 0 spiro atoms. The van der Waals surface area contributed by atoms with Crippen molar-refractivity contribution < 1.29 is 37.7 Å². The molecule has 2 aromatic rings. The largest absolute Gasteiger partial charge is 0.504 e. The molecule has 1 fully saturated rings. The lowest BCUT2D eigenvalue weighted by molar-refractivity contribution is -0.287. The minimum atomic E-state index is -5.35. The smallest absolute Gasteiger partial charge is 0.437 e. The number of rotatable bonds is 4. The normalized spacial score (nSPS) is 24.4. The van der Waals surface area contributed by atoms with Crippen molar-refractivity contribution in [1.29, 1.82) is 0 Å². The summed E-state index contributed by atoms with van der Waals surface area (Å²) in [7, 11) is 1.23. The van der Waals surface area contributed by atoms with Gasteiger partial charge in [0.15, 0.2) is 17.3 Å². The van der Waals surface area contributed by atoms with Gasteiger partial charge in [0, 0.05) is 5.56 Å². The van der Waals surface area contributed by atoms with E-state index in [1.807, 2.05) is 0 Å². The van der Waals surface area contributed by atoms with Gasteiger partial charge < -0.3 is 25.6 Å². The van der Waals surface area contributed by atoms with E-state index >= 15 is 0 Å². The number of aliphatic hydroxyl groups is 1. The van der Waals surface area contributed by atoms with Crippen molar-refractivity contribution in [3.8, 4) is 11.5 Å². The van der Waals surface area contributed by atoms with Crippen LogP contribution in [0.3, 0.4) is 0 Å². The van der Waals surface area contributed by atoms with E-state index in [1.54, 1.807) is 6.07 Å². The van der Waals surface area contributed by atoms with Crippen LogP contribution in [0, 0.1) is 5.92 Å². The van der Waals surface area contributed by atoms with Gasteiger partial charge in [0.05, 0.1) is 13.2 Å². The van der Waals surface area contributed by atoms with Crippen molar-refractivity contribution in [3.05, 3.63) is 59.7 Å². The third-order valence-electron chi connectivity index (χ3n) is 4.71. The van der Waals surface area contributed by atoms with Crippen LogP contribution >= 0.6 is 0 Å². The van der Waals surface area contributed by atoms with Crippen molar-refractivity contribution in [1.82, 2.24) is 10.6 Å². The fourth-order valence-corrected chi connectivity index (χ4v) is 3.29. The molecule has 0 unspecified atom stereocenters. The van der Waals surface area contributed by atoms with Gasteiger partial charge >= 0.3 is 12.2 Å². The van der Waals surface area contributed by atoms with Crippen LogP contribution in [0.4, 0.5) is 18.0 Å². The number of carbonyl (C=O) groups excluding carboxylic acids is 2. The first-order valence-electron chi connectivity index (χ1n) is 8.42. The number of Topliss-reactive ketones (excluding diaryl/α,β-unsaturated/α-hetero) is 1. The number of hydrogen-bond acceptors (Lipinski definition) is 5. The first-order valence-corrected chi connectivity index (χ1v) is 8.42. The Balaban J connectivity index is 2.18. The number of ketones is 1. The molecular weight excluding hydrogens is 393 g/mol. The van der Waals surface area contributed by atoms with Gasteiger partial charge in [0.25, 0.3) is 0 Å². The van der Waals surface area contributed by atoms with Gasteiger partial charge in [-0.2, -0.15) is 13.2 Å². The molecule has 7 nitrogen and oxygen atoms in total. The van der Waals surface area contributed by atoms with Crippen molar-refractivity contribution in [2.45, 2.75) is 17.9 Å². The summed E-state index contributed by atoms with van der Waals surface area (Å²) in [4.78, 5) is 25.0. The Morgan fingerprint density at radius 1 is 1.17 bits per heavy atom. The highest BCUT2D eigenvalue weighted by molar-refractivity contribution is 6.00. The van der Waals surface area contributed by atoms with Crippen molar-refractivity contribution in [2.75, 3.05) is 7.11 Å². The topological polar surface area (TPSA) is 108 Å². The predicted molar refractivity (Wildman–Crippen MR) is 94.3 cm³/mol. The number of carbonyl (C=O) groups is 2. The lowest BCUT2D eigenvalue weighted by atomic mass is 9.77. The van der Waals surface area contributed by atoms with E-state index in [0.717, 1.165) is 6.07 Å². The summed E-state index contributed by atoms with van der Waals surface area (Å²) >= 11 is 0. The number of halogens is 3. The van der Waals surface area contributed by atoms with Crippen LogP contribution in [-0.2, 0) is 0 Å². The van der Waals surface area contributed by atoms with E-state index < -0.39 is 35.7 Å². The molecule has 2 amide bonds. The monoisotopic (exact) mass is 410 g/mol. The molecule has 0 radical (unpaired) electrons. The zero-order valence-electron chi connectivity index (χ0n) is 15.0. The number of phenols is 1. The molecule has 0 bridgehead atoms. The number of benzene rings is 2. The molecular formula is C19H17F3N2O5. The molecule has 3 atom stereocenters. The summed E-state index contributed by atoms with van der Waals surface area (Å²) < 4.78 is 46.4. The number of ether oxygens (including phenoxy) is 1. The molecule has 0 saturated carbocycles. The number of amides is 2. The molecule has 1 heterocycles. The quantitative estimate of drug-likeness (QED) is 0.580. The van der Waals surface area contributed by atoms with Crippen molar-refractivity contribution in [3.63, 3.8) is 0 Å². The fourth-order valence-electron chi connectivity index (χ4n) is 3.29. The van der Waals surface area contributed by atoms with Gasteiger partial charge in [-0.25, -0.2) is 4.79 Å². The highest BCUT2D eigenvalue weighted by Gasteiger charge is 2.66. The first kappa shape index (κ1) is 20.5. The van der Waals surface area contributed by atoms with Gasteiger partial charge in [0.2, 0.25) is 5.72 Å². The SMILES string of the molecule is COc1cc([C@@H]2NC(=O)N[C@@](O)(C(F)(F)F)[C@H]2C(=O)c2ccccc2)ccc1O. The molecule has 1 saturated heterocycles. The summed E-state index contributed by atoms with van der Waals surface area (Å²) in [5.41, 5.74) is -3.86. The second-order valence-corrected chi connectivity index (χ2v) is 6.48. The zero-order chi connectivity index (χ0) is 21.4. The third-order valence-corrected chi connectivity index (χ3v) is 4.71. The van der Waals surface area contributed by atoms with Gasteiger partial charge in [-0.3, -0.25) is 4.79 Å². The second kappa shape index (κ2) is 7.28. The number of nitrogens with one attached hydrogen (secondary N) is 2. The fraction of sp³-hybridized carbons (Fsp3) is 0.263. The first-order chi connectivity index (χ1) is 13.6. The number of aromatic hydroxyl groups is 1. The maximum atomic E-state index is 13.8. The molecule has 3 rings (SSSR count). The van der Waals surface area contributed by atoms with Gasteiger partial charge in [-0.05, 0) is 17.7 Å². The van der Waals surface area contributed by atoms with Gasteiger partial charge in [0.1, 0.15) is 5.92 Å².